The average Bonchev–Trinajstić information content (AvgIpc) is 2.50. The molecule has 0 unspecified atom stereocenters. The molecule has 2 aromatic carbocycles. The number of carbonyl (C=O) groups excluding carboxylic acids is 1. The van der Waals surface area contributed by atoms with E-state index in [1.165, 1.54) is 30.5 Å². The molecule has 7 heteroatoms. The molecule has 0 aliphatic rings. The van der Waals surface area contributed by atoms with Crippen molar-refractivity contribution in [1.82, 2.24) is 5.43 Å². The number of carboxylic acid groups (broad SMARTS) is 1. The Morgan fingerprint density at radius 3 is 2.45 bits per heavy atom. The third-order valence-electron chi connectivity index (χ3n) is 2.74. The summed E-state index contributed by atoms with van der Waals surface area (Å²) in [5, 5.41) is 22.2. The van der Waals surface area contributed by atoms with Crippen LogP contribution >= 0.6 is 15.9 Å². The second-order valence-electron chi connectivity index (χ2n) is 4.29. The van der Waals surface area contributed by atoms with E-state index >= 15 is 0 Å². The van der Waals surface area contributed by atoms with Crippen LogP contribution in [0.4, 0.5) is 0 Å². The van der Waals surface area contributed by atoms with Gasteiger partial charge in [0.05, 0.1) is 17.3 Å². The zero-order valence-electron chi connectivity index (χ0n) is 11.2. The molecule has 112 valence electrons. The zero-order valence-corrected chi connectivity index (χ0v) is 12.7. The number of aromatic carboxylic acids is 1. The smallest absolute Gasteiger partial charge is 0.335 e. The standard InChI is InChI=1S/C15H11BrN2O4/c16-11-5-6-13(19)12(7-11)14(20)18-17-8-9-1-3-10(4-2-9)15(21)22/h1-8,19H,(H,18,20)(H,21,22). The highest BCUT2D eigenvalue weighted by Crippen LogP contribution is 2.21. The first-order valence-electron chi connectivity index (χ1n) is 6.12. The van der Waals surface area contributed by atoms with Gasteiger partial charge in [0.2, 0.25) is 0 Å². The van der Waals surface area contributed by atoms with E-state index in [2.05, 4.69) is 26.5 Å². The molecular formula is C15H11BrN2O4. The summed E-state index contributed by atoms with van der Waals surface area (Å²) in [6, 6.07) is 10.5. The minimum atomic E-state index is -1.01. The molecule has 6 nitrogen and oxygen atoms in total. The predicted molar refractivity (Wildman–Crippen MR) is 84.3 cm³/mol. The molecule has 2 rings (SSSR count). The van der Waals surface area contributed by atoms with Gasteiger partial charge >= 0.3 is 5.97 Å². The lowest BCUT2D eigenvalue weighted by Crippen LogP contribution is -2.17. The molecular weight excluding hydrogens is 352 g/mol. The van der Waals surface area contributed by atoms with E-state index in [0.717, 1.165) is 0 Å². The maximum absolute atomic E-state index is 11.9. The highest BCUT2D eigenvalue weighted by molar-refractivity contribution is 9.10. The largest absolute Gasteiger partial charge is 0.507 e. The number of nitrogens with one attached hydrogen (secondary N) is 1. The van der Waals surface area contributed by atoms with Crippen LogP contribution in [0.1, 0.15) is 26.3 Å². The van der Waals surface area contributed by atoms with E-state index in [1.807, 2.05) is 0 Å². The van der Waals surface area contributed by atoms with Crippen LogP contribution in [-0.4, -0.2) is 28.3 Å². The van der Waals surface area contributed by atoms with E-state index in [9.17, 15) is 14.7 Å². The van der Waals surface area contributed by atoms with Crippen LogP contribution in [0.25, 0.3) is 0 Å². The minimum absolute atomic E-state index is 0.0905. The average molecular weight is 363 g/mol. The van der Waals surface area contributed by atoms with Crippen LogP contribution in [0.5, 0.6) is 5.75 Å². The Labute approximate surface area is 134 Å². The van der Waals surface area contributed by atoms with Crippen molar-refractivity contribution in [3.63, 3.8) is 0 Å². The van der Waals surface area contributed by atoms with Gasteiger partial charge in [-0.3, -0.25) is 4.79 Å². The summed E-state index contributed by atoms with van der Waals surface area (Å²) in [6.45, 7) is 0. The summed E-state index contributed by atoms with van der Waals surface area (Å²) in [5.41, 5.74) is 3.17. The van der Waals surface area contributed by atoms with Gasteiger partial charge in [-0.2, -0.15) is 5.10 Å². The van der Waals surface area contributed by atoms with Crippen molar-refractivity contribution in [3.8, 4) is 5.75 Å². The second kappa shape index (κ2) is 6.86. The van der Waals surface area contributed by atoms with E-state index in [-0.39, 0.29) is 16.9 Å². The van der Waals surface area contributed by atoms with Gasteiger partial charge in [-0.25, -0.2) is 10.2 Å². The number of rotatable bonds is 4. The van der Waals surface area contributed by atoms with Gasteiger partial charge in [0, 0.05) is 4.47 Å². The van der Waals surface area contributed by atoms with E-state index < -0.39 is 11.9 Å². The molecule has 1 amide bonds. The first-order chi connectivity index (χ1) is 10.5. The first kappa shape index (κ1) is 15.7. The first-order valence-corrected chi connectivity index (χ1v) is 6.92. The highest BCUT2D eigenvalue weighted by atomic mass is 79.9. The molecule has 0 bridgehead atoms. The van der Waals surface area contributed by atoms with Gasteiger partial charge < -0.3 is 10.2 Å². The second-order valence-corrected chi connectivity index (χ2v) is 5.20. The van der Waals surface area contributed by atoms with Crippen molar-refractivity contribution in [2.24, 2.45) is 5.10 Å². The van der Waals surface area contributed by atoms with Gasteiger partial charge in [-0.1, -0.05) is 28.1 Å². The van der Waals surface area contributed by atoms with Crippen molar-refractivity contribution in [2.75, 3.05) is 0 Å². The van der Waals surface area contributed by atoms with Crippen molar-refractivity contribution in [2.45, 2.75) is 0 Å². The van der Waals surface area contributed by atoms with E-state index in [4.69, 9.17) is 5.11 Å². The third-order valence-corrected chi connectivity index (χ3v) is 3.23. The molecule has 22 heavy (non-hydrogen) atoms. The topological polar surface area (TPSA) is 99.0 Å². The number of nitrogens with zero attached hydrogens (tertiary/aromatic N) is 1. The highest BCUT2D eigenvalue weighted by Gasteiger charge is 2.10. The SMILES string of the molecule is O=C(O)c1ccc(C=NNC(=O)c2cc(Br)ccc2O)cc1. The molecule has 0 atom stereocenters. The van der Waals surface area contributed by atoms with Crippen molar-refractivity contribution in [1.29, 1.82) is 0 Å². The number of aromatic hydroxyl groups is 1. The van der Waals surface area contributed by atoms with Crippen molar-refractivity contribution in [3.05, 3.63) is 63.6 Å². The number of carbonyl (C=O) groups is 2. The molecule has 3 N–H and O–H groups in total. The molecule has 0 heterocycles. The third kappa shape index (κ3) is 3.92. The Hall–Kier alpha value is -2.67. The predicted octanol–water partition coefficient (Wildman–Crippen LogP) is 2.62. The molecule has 0 radical (unpaired) electrons. The van der Waals surface area contributed by atoms with Gasteiger partial charge in [0.15, 0.2) is 0 Å². The summed E-state index contributed by atoms with van der Waals surface area (Å²) in [4.78, 5) is 22.6. The zero-order chi connectivity index (χ0) is 16.1. The fourth-order valence-electron chi connectivity index (χ4n) is 1.63. The molecule has 0 saturated carbocycles. The monoisotopic (exact) mass is 362 g/mol. The molecule has 0 fully saturated rings. The Bertz CT molecular complexity index is 742. The fraction of sp³-hybridized carbons (Fsp3) is 0. The van der Waals surface area contributed by atoms with Gasteiger partial charge in [0.25, 0.3) is 5.91 Å². The Balaban J connectivity index is 2.04. The summed E-state index contributed by atoms with van der Waals surface area (Å²) < 4.78 is 0.656. The Kier molecular flexibility index (Phi) is 4.90. The lowest BCUT2D eigenvalue weighted by molar-refractivity contribution is 0.0696. The number of hydrogen-bond acceptors (Lipinski definition) is 4. The molecule has 0 aromatic heterocycles. The van der Waals surface area contributed by atoms with Crippen LogP contribution in [0.3, 0.4) is 0 Å². The number of hydrogen-bond donors (Lipinski definition) is 3. The minimum Gasteiger partial charge on any atom is -0.507 e. The van der Waals surface area contributed by atoms with Crippen LogP contribution in [0.2, 0.25) is 0 Å². The number of hydrazone groups is 1. The van der Waals surface area contributed by atoms with Crippen molar-refractivity contribution >= 4 is 34.0 Å². The van der Waals surface area contributed by atoms with Gasteiger partial charge in [-0.15, -0.1) is 0 Å². The maximum atomic E-state index is 11.9. The fourth-order valence-corrected chi connectivity index (χ4v) is 1.99. The van der Waals surface area contributed by atoms with Gasteiger partial charge in [-0.05, 0) is 35.9 Å². The lowest BCUT2D eigenvalue weighted by Gasteiger charge is -2.03. The van der Waals surface area contributed by atoms with Crippen LogP contribution in [-0.2, 0) is 0 Å². The maximum Gasteiger partial charge on any atom is 0.335 e. The molecule has 0 aliphatic carbocycles. The van der Waals surface area contributed by atoms with Crippen LogP contribution < -0.4 is 5.43 Å². The van der Waals surface area contributed by atoms with Crippen LogP contribution in [0, 0.1) is 0 Å². The quantitative estimate of drug-likeness (QED) is 0.574. The number of phenols is 1. The Morgan fingerprint density at radius 1 is 1.14 bits per heavy atom. The molecule has 0 aliphatic heterocycles. The number of phenolic OH excluding ortho intramolecular Hbond substituents is 1. The molecule has 0 spiro atoms. The lowest BCUT2D eigenvalue weighted by atomic mass is 10.1. The normalized spacial score (nSPS) is 10.6. The summed E-state index contributed by atoms with van der Waals surface area (Å²) in [5.74, 6) is -1.72. The Morgan fingerprint density at radius 2 is 1.82 bits per heavy atom. The number of benzene rings is 2. The number of halogens is 1. The van der Waals surface area contributed by atoms with E-state index in [0.29, 0.717) is 10.0 Å². The van der Waals surface area contributed by atoms with Gasteiger partial charge in [0.1, 0.15) is 5.75 Å². The molecule has 2 aromatic rings. The summed E-state index contributed by atoms with van der Waals surface area (Å²) >= 11 is 3.21. The number of carboxylic acids is 1. The van der Waals surface area contributed by atoms with Crippen molar-refractivity contribution < 1.29 is 19.8 Å². The summed E-state index contributed by atoms with van der Waals surface area (Å²) in [6.07, 6.45) is 1.37. The van der Waals surface area contributed by atoms with Crippen LogP contribution in [0.15, 0.2) is 52.0 Å². The van der Waals surface area contributed by atoms with E-state index in [1.54, 1.807) is 18.2 Å². The molecule has 0 saturated heterocycles. The number of amides is 1. The summed E-state index contributed by atoms with van der Waals surface area (Å²) in [7, 11) is 0.